The van der Waals surface area contributed by atoms with E-state index in [1.165, 1.54) is 0 Å². The van der Waals surface area contributed by atoms with E-state index in [1.54, 1.807) is 6.92 Å². The number of rotatable bonds is 3. The van der Waals surface area contributed by atoms with Crippen molar-refractivity contribution in [1.29, 1.82) is 5.41 Å². The average molecular weight is 216 g/mol. The Hall–Kier alpha value is -1.37. The van der Waals surface area contributed by atoms with Crippen molar-refractivity contribution in [2.45, 2.75) is 12.1 Å². The number of aromatic nitrogens is 2. The van der Waals surface area contributed by atoms with Crippen LogP contribution in [0.25, 0.3) is 0 Å². The lowest BCUT2D eigenvalue weighted by Crippen LogP contribution is -2.06. The number of nitrogens with one attached hydrogen (secondary N) is 1. The number of hydrogen-bond acceptors (Lipinski definition) is 5. The zero-order valence-corrected chi connectivity index (χ0v) is 8.27. The maximum Gasteiger partial charge on any atom is 0.254 e. The van der Waals surface area contributed by atoms with Crippen molar-refractivity contribution in [2.75, 3.05) is 6.61 Å². The Bertz CT molecular complexity index is 346. The first-order valence-corrected chi connectivity index (χ1v) is 4.62. The first kappa shape index (κ1) is 10.7. The van der Waals surface area contributed by atoms with Gasteiger partial charge in [-0.05, 0) is 18.7 Å². The van der Waals surface area contributed by atoms with E-state index in [9.17, 15) is 4.39 Å². The molecule has 0 atom stereocenters. The molecule has 0 spiro atoms. The van der Waals surface area contributed by atoms with Crippen molar-refractivity contribution in [2.24, 2.45) is 5.73 Å². The van der Waals surface area contributed by atoms with Crippen molar-refractivity contribution in [3.05, 3.63) is 12.0 Å². The van der Waals surface area contributed by atoms with Crippen molar-refractivity contribution >= 4 is 16.9 Å². The molecule has 14 heavy (non-hydrogen) atoms. The van der Waals surface area contributed by atoms with Crippen molar-refractivity contribution in [1.82, 2.24) is 9.97 Å². The van der Waals surface area contributed by atoms with E-state index in [1.807, 2.05) is 0 Å². The molecule has 76 valence electrons. The predicted molar refractivity (Wildman–Crippen MR) is 50.9 cm³/mol. The fraction of sp³-hybridized carbons (Fsp3) is 0.286. The summed E-state index contributed by atoms with van der Waals surface area (Å²) in [6, 6.07) is 0. The van der Waals surface area contributed by atoms with Gasteiger partial charge in [0, 0.05) is 0 Å². The van der Waals surface area contributed by atoms with Gasteiger partial charge in [0.1, 0.15) is 0 Å². The summed E-state index contributed by atoms with van der Waals surface area (Å²) in [5.41, 5.74) is 5.12. The van der Waals surface area contributed by atoms with Gasteiger partial charge in [0.2, 0.25) is 5.82 Å². The highest BCUT2D eigenvalue weighted by atomic mass is 32.2. The molecule has 5 nitrogen and oxygen atoms in total. The molecule has 0 aliphatic carbocycles. The minimum Gasteiger partial charge on any atom is -0.476 e. The van der Waals surface area contributed by atoms with Crippen LogP contribution in [0, 0.1) is 11.2 Å². The molecule has 0 saturated heterocycles. The van der Waals surface area contributed by atoms with Crippen molar-refractivity contribution < 1.29 is 9.13 Å². The summed E-state index contributed by atoms with van der Waals surface area (Å²) in [4.78, 5) is 7.37. The second-order valence-corrected chi connectivity index (χ2v) is 3.21. The molecule has 0 saturated carbocycles. The van der Waals surface area contributed by atoms with Crippen LogP contribution in [0.5, 0.6) is 5.88 Å². The summed E-state index contributed by atoms with van der Waals surface area (Å²) in [6.45, 7) is 2.04. The Kier molecular flexibility index (Phi) is 3.63. The Labute approximate surface area is 84.4 Å². The van der Waals surface area contributed by atoms with Crippen LogP contribution in [0.1, 0.15) is 6.92 Å². The molecule has 0 unspecified atom stereocenters. The van der Waals surface area contributed by atoms with Crippen LogP contribution in [0.4, 0.5) is 4.39 Å². The lowest BCUT2D eigenvalue weighted by atomic mass is 10.6. The summed E-state index contributed by atoms with van der Waals surface area (Å²) in [7, 11) is 0. The van der Waals surface area contributed by atoms with E-state index < -0.39 is 5.82 Å². The highest BCUT2D eigenvalue weighted by Gasteiger charge is 2.08. The summed E-state index contributed by atoms with van der Waals surface area (Å²) in [5.74, 6) is -0.744. The summed E-state index contributed by atoms with van der Waals surface area (Å²) < 4.78 is 17.9. The van der Waals surface area contributed by atoms with Crippen LogP contribution < -0.4 is 10.5 Å². The second kappa shape index (κ2) is 4.75. The minimum atomic E-state index is -0.625. The molecule has 1 heterocycles. The molecule has 0 aromatic carbocycles. The van der Waals surface area contributed by atoms with Crippen molar-refractivity contribution in [3.8, 4) is 5.88 Å². The molecular weight excluding hydrogens is 207 g/mol. The highest BCUT2D eigenvalue weighted by Crippen LogP contribution is 2.18. The van der Waals surface area contributed by atoms with Gasteiger partial charge < -0.3 is 10.5 Å². The fourth-order valence-electron chi connectivity index (χ4n) is 0.722. The number of thioether (sulfide) groups is 1. The van der Waals surface area contributed by atoms with Gasteiger partial charge in [-0.15, -0.1) is 0 Å². The number of ether oxygens (including phenoxy) is 1. The maximum atomic E-state index is 12.9. The number of nitrogens with two attached hydrogens (primary N) is 1. The van der Waals surface area contributed by atoms with Gasteiger partial charge in [-0.2, -0.15) is 9.37 Å². The molecule has 0 aliphatic heterocycles. The van der Waals surface area contributed by atoms with Gasteiger partial charge in [-0.25, -0.2) is 4.98 Å². The van der Waals surface area contributed by atoms with Crippen molar-refractivity contribution in [3.63, 3.8) is 0 Å². The second-order valence-electron chi connectivity index (χ2n) is 2.20. The summed E-state index contributed by atoms with van der Waals surface area (Å²) in [5, 5.41) is 7.03. The third-order valence-electron chi connectivity index (χ3n) is 1.17. The topological polar surface area (TPSA) is 84.9 Å². The molecule has 1 aromatic rings. The van der Waals surface area contributed by atoms with E-state index in [4.69, 9.17) is 15.9 Å². The standard InChI is InChI=1S/C7H9FN4OS/c1-2-13-5-4(8)3-11-7(12-5)14-6(9)10/h3H,2H2,1H3,(H3,9,10). The third-order valence-corrected chi connectivity index (χ3v) is 1.77. The summed E-state index contributed by atoms with van der Waals surface area (Å²) in [6.07, 6.45) is 0.989. The minimum absolute atomic E-state index is 0.119. The van der Waals surface area contributed by atoms with Gasteiger partial charge in [-0.3, -0.25) is 5.41 Å². The SMILES string of the molecule is CCOc1nc(SC(=N)N)ncc1F. The Balaban J connectivity index is 2.88. The molecule has 0 aliphatic rings. The number of nitrogens with zero attached hydrogens (tertiary/aromatic N) is 2. The van der Waals surface area contributed by atoms with E-state index in [0.29, 0.717) is 6.61 Å². The summed E-state index contributed by atoms with van der Waals surface area (Å²) >= 11 is 0.839. The number of hydrogen-bond donors (Lipinski definition) is 2. The van der Waals surface area contributed by atoms with E-state index in [0.717, 1.165) is 18.0 Å². The largest absolute Gasteiger partial charge is 0.476 e. The molecular formula is C7H9FN4OS. The maximum absolute atomic E-state index is 12.9. The molecule has 7 heteroatoms. The van der Waals surface area contributed by atoms with Gasteiger partial charge in [0.25, 0.3) is 5.88 Å². The van der Waals surface area contributed by atoms with Crippen LogP contribution in [0.2, 0.25) is 0 Å². The van der Waals surface area contributed by atoms with Crippen LogP contribution in [0.15, 0.2) is 11.4 Å². The zero-order chi connectivity index (χ0) is 10.6. The molecule has 1 rings (SSSR count). The smallest absolute Gasteiger partial charge is 0.254 e. The first-order chi connectivity index (χ1) is 6.63. The van der Waals surface area contributed by atoms with E-state index in [2.05, 4.69) is 9.97 Å². The van der Waals surface area contributed by atoms with Crippen LogP contribution in [-0.4, -0.2) is 21.7 Å². The quantitative estimate of drug-likeness (QED) is 0.341. The van der Waals surface area contributed by atoms with Crippen LogP contribution in [-0.2, 0) is 0 Å². The fourth-order valence-corrected chi connectivity index (χ4v) is 1.15. The average Bonchev–Trinajstić information content (AvgIpc) is 2.10. The Morgan fingerprint density at radius 3 is 3.07 bits per heavy atom. The van der Waals surface area contributed by atoms with Gasteiger partial charge in [0.05, 0.1) is 12.8 Å². The normalized spacial score (nSPS) is 9.86. The predicted octanol–water partition coefficient (Wildman–Crippen LogP) is 1.000. The molecule has 0 radical (unpaired) electrons. The highest BCUT2D eigenvalue weighted by molar-refractivity contribution is 8.13. The third kappa shape index (κ3) is 2.84. The van der Waals surface area contributed by atoms with Gasteiger partial charge >= 0.3 is 0 Å². The lowest BCUT2D eigenvalue weighted by Gasteiger charge is -2.03. The molecule has 1 aromatic heterocycles. The first-order valence-electron chi connectivity index (χ1n) is 3.80. The molecule has 0 amide bonds. The monoisotopic (exact) mass is 216 g/mol. The van der Waals surface area contributed by atoms with E-state index >= 15 is 0 Å². The molecule has 0 bridgehead atoms. The number of halogens is 1. The lowest BCUT2D eigenvalue weighted by molar-refractivity contribution is 0.302. The Morgan fingerprint density at radius 2 is 2.50 bits per heavy atom. The molecule has 0 fully saturated rings. The van der Waals surface area contributed by atoms with E-state index in [-0.39, 0.29) is 16.2 Å². The Morgan fingerprint density at radius 1 is 1.79 bits per heavy atom. The zero-order valence-electron chi connectivity index (χ0n) is 7.45. The van der Waals surface area contributed by atoms with Crippen LogP contribution in [0.3, 0.4) is 0 Å². The molecule has 3 N–H and O–H groups in total. The van der Waals surface area contributed by atoms with Gasteiger partial charge in [-0.1, -0.05) is 0 Å². The number of amidine groups is 1. The van der Waals surface area contributed by atoms with Gasteiger partial charge in [0.15, 0.2) is 10.3 Å². The van der Waals surface area contributed by atoms with Crippen LogP contribution >= 0.6 is 11.8 Å².